The van der Waals surface area contributed by atoms with Crippen LogP contribution < -0.4 is 15.8 Å². The molecule has 16 heavy (non-hydrogen) atoms. The molecule has 0 amide bonds. The number of piperazine rings is 1. The van der Waals surface area contributed by atoms with Crippen LogP contribution in [0.25, 0.3) is 5.32 Å². The quantitative estimate of drug-likeness (QED) is 0.594. The molecule has 0 N–H and O–H groups in total. The van der Waals surface area contributed by atoms with Gasteiger partial charge in [-0.2, -0.15) is 0 Å². The van der Waals surface area contributed by atoms with Gasteiger partial charge in [-0.05, 0) is 19.0 Å². The van der Waals surface area contributed by atoms with Gasteiger partial charge in [-0.15, -0.1) is 13.1 Å². The zero-order chi connectivity index (χ0) is 11.0. The van der Waals surface area contributed by atoms with Gasteiger partial charge < -0.3 is 10.2 Å². The fourth-order valence-corrected chi connectivity index (χ4v) is 2.08. The summed E-state index contributed by atoms with van der Waals surface area (Å²) in [6.07, 6.45) is 0. The summed E-state index contributed by atoms with van der Waals surface area (Å²) in [5.41, 5.74) is 0.773. The maximum Gasteiger partial charge on any atom is 1.00 e. The Morgan fingerprint density at radius 3 is 2.19 bits per heavy atom. The Hall–Kier alpha value is -0.537. The monoisotopic (exact) mass is 309 g/mol. The van der Waals surface area contributed by atoms with Gasteiger partial charge in [0.05, 0.1) is 5.69 Å². The maximum atomic E-state index is 11.5. The number of hydrogen-bond acceptors (Lipinski definition) is 3. The molecule has 1 radical (unpaired) electrons. The van der Waals surface area contributed by atoms with Crippen molar-refractivity contribution in [3.05, 3.63) is 31.3 Å². The van der Waals surface area contributed by atoms with Gasteiger partial charge in [-0.1, -0.05) is 13.8 Å². The SMILES string of the molecule is CC(C)c1c(N2CC[N-]CC2)c(=O)c1=O.[Ru+]. The van der Waals surface area contributed by atoms with E-state index in [1.54, 1.807) is 0 Å². The molecule has 1 heterocycles. The van der Waals surface area contributed by atoms with Crippen molar-refractivity contribution in [2.75, 3.05) is 31.1 Å². The molecular weight excluding hydrogens is 293 g/mol. The third-order valence-corrected chi connectivity index (χ3v) is 2.87. The molecule has 0 aliphatic carbocycles. The zero-order valence-corrected chi connectivity index (χ0v) is 11.2. The minimum atomic E-state index is -0.305. The van der Waals surface area contributed by atoms with E-state index >= 15 is 0 Å². The molecule has 0 spiro atoms. The second-order valence-electron chi connectivity index (χ2n) is 4.23. The van der Waals surface area contributed by atoms with Crippen molar-refractivity contribution in [2.45, 2.75) is 19.8 Å². The molecule has 1 aromatic carbocycles. The Labute approximate surface area is 107 Å². The van der Waals surface area contributed by atoms with Crippen LogP contribution in [-0.4, -0.2) is 26.2 Å². The van der Waals surface area contributed by atoms with Crippen molar-refractivity contribution in [2.24, 2.45) is 0 Å². The zero-order valence-electron chi connectivity index (χ0n) is 9.47. The first-order valence-electron chi connectivity index (χ1n) is 5.34. The van der Waals surface area contributed by atoms with Crippen LogP contribution in [-0.2, 0) is 19.5 Å². The van der Waals surface area contributed by atoms with Crippen LogP contribution in [0.1, 0.15) is 25.3 Å². The van der Waals surface area contributed by atoms with E-state index in [9.17, 15) is 9.59 Å². The summed E-state index contributed by atoms with van der Waals surface area (Å²) in [5, 5.41) is 4.22. The molecule has 1 aromatic rings. The van der Waals surface area contributed by atoms with Gasteiger partial charge in [0.1, 0.15) is 0 Å². The average Bonchev–Trinajstić information content (AvgIpc) is 2.25. The summed E-state index contributed by atoms with van der Waals surface area (Å²) in [5.74, 6) is 0.143. The average molecular weight is 308 g/mol. The molecule has 0 bridgehead atoms. The molecule has 1 saturated heterocycles. The Morgan fingerprint density at radius 1 is 1.12 bits per heavy atom. The Morgan fingerprint density at radius 2 is 1.69 bits per heavy atom. The summed E-state index contributed by atoms with van der Waals surface area (Å²) < 4.78 is 0. The second kappa shape index (κ2) is 5.20. The van der Waals surface area contributed by atoms with Crippen molar-refractivity contribution in [3.8, 4) is 0 Å². The molecule has 89 valence electrons. The fourth-order valence-electron chi connectivity index (χ4n) is 2.08. The summed E-state index contributed by atoms with van der Waals surface area (Å²) in [6, 6.07) is 0. The smallest absolute Gasteiger partial charge is 0.659 e. The minimum Gasteiger partial charge on any atom is -0.659 e. The molecule has 0 aromatic heterocycles. The molecule has 2 rings (SSSR count). The molecular formula is C11H15N2O2Ru. The molecule has 4 nitrogen and oxygen atoms in total. The normalized spacial score (nSPS) is 16.6. The van der Waals surface area contributed by atoms with E-state index in [4.69, 9.17) is 0 Å². The van der Waals surface area contributed by atoms with E-state index in [1.807, 2.05) is 18.7 Å². The van der Waals surface area contributed by atoms with E-state index in [0.717, 1.165) is 26.2 Å². The van der Waals surface area contributed by atoms with Crippen molar-refractivity contribution < 1.29 is 19.5 Å². The summed E-state index contributed by atoms with van der Waals surface area (Å²) in [7, 11) is 0. The van der Waals surface area contributed by atoms with Crippen molar-refractivity contribution in [3.63, 3.8) is 0 Å². The number of hydrogen-bond donors (Lipinski definition) is 0. The van der Waals surface area contributed by atoms with Gasteiger partial charge >= 0.3 is 19.5 Å². The molecule has 0 atom stereocenters. The Balaban J connectivity index is 0.00000128. The van der Waals surface area contributed by atoms with Gasteiger partial charge in [0.2, 0.25) is 10.9 Å². The summed E-state index contributed by atoms with van der Waals surface area (Å²) in [4.78, 5) is 24.9. The van der Waals surface area contributed by atoms with Crippen LogP contribution in [0.3, 0.4) is 0 Å². The molecule has 1 fully saturated rings. The fraction of sp³-hybridized carbons (Fsp3) is 0.636. The Kier molecular flexibility index (Phi) is 4.39. The van der Waals surface area contributed by atoms with E-state index in [1.165, 1.54) is 0 Å². The predicted octanol–water partition coefficient (Wildman–Crippen LogP) is 0.597. The first-order valence-corrected chi connectivity index (χ1v) is 5.34. The largest absolute Gasteiger partial charge is 1.00 e. The van der Waals surface area contributed by atoms with E-state index in [-0.39, 0.29) is 36.3 Å². The van der Waals surface area contributed by atoms with Gasteiger partial charge in [-0.25, -0.2) is 0 Å². The van der Waals surface area contributed by atoms with Crippen LogP contribution in [0, 0.1) is 0 Å². The first-order chi connectivity index (χ1) is 7.13. The van der Waals surface area contributed by atoms with E-state index in [2.05, 4.69) is 5.32 Å². The van der Waals surface area contributed by atoms with E-state index in [0.29, 0.717) is 11.3 Å². The maximum absolute atomic E-state index is 11.5. The number of anilines is 1. The molecule has 0 saturated carbocycles. The van der Waals surface area contributed by atoms with Crippen LogP contribution in [0.2, 0.25) is 0 Å². The molecule has 5 heteroatoms. The standard InChI is InChI=1S/C11H15N2O2.Ru/c1-7(2)8-9(11(15)10(8)14)13-5-3-12-4-6-13;/h7H,3-6H2,1-2H3;/q-1;+1. The van der Waals surface area contributed by atoms with Crippen LogP contribution in [0.5, 0.6) is 0 Å². The van der Waals surface area contributed by atoms with Crippen LogP contribution >= 0.6 is 0 Å². The minimum absolute atomic E-state index is 0. The van der Waals surface area contributed by atoms with Gasteiger partial charge in [-0.3, -0.25) is 9.59 Å². The topological polar surface area (TPSA) is 51.5 Å². The third-order valence-electron chi connectivity index (χ3n) is 2.87. The first kappa shape index (κ1) is 13.5. The van der Waals surface area contributed by atoms with Crippen molar-refractivity contribution >= 4 is 5.69 Å². The van der Waals surface area contributed by atoms with Crippen molar-refractivity contribution in [1.29, 1.82) is 0 Å². The summed E-state index contributed by atoms with van der Waals surface area (Å²) >= 11 is 0. The Bertz CT molecular complexity index is 429. The van der Waals surface area contributed by atoms with Crippen LogP contribution in [0.4, 0.5) is 5.69 Å². The number of rotatable bonds is 2. The van der Waals surface area contributed by atoms with Gasteiger partial charge in [0, 0.05) is 5.56 Å². The summed E-state index contributed by atoms with van der Waals surface area (Å²) in [6.45, 7) is 6.96. The predicted molar refractivity (Wildman–Crippen MR) is 60.7 cm³/mol. The second-order valence-corrected chi connectivity index (χ2v) is 4.23. The van der Waals surface area contributed by atoms with Crippen molar-refractivity contribution in [1.82, 2.24) is 0 Å². The molecule has 0 unspecified atom stereocenters. The van der Waals surface area contributed by atoms with Crippen LogP contribution in [0.15, 0.2) is 9.59 Å². The van der Waals surface area contributed by atoms with Gasteiger partial charge in [0.25, 0.3) is 0 Å². The van der Waals surface area contributed by atoms with E-state index < -0.39 is 0 Å². The molecule has 1 aliphatic rings. The van der Waals surface area contributed by atoms with Gasteiger partial charge in [0.15, 0.2) is 0 Å². The number of nitrogens with zero attached hydrogens (tertiary/aromatic N) is 2. The third kappa shape index (κ3) is 2.11. The molecule has 1 aliphatic heterocycles.